The van der Waals surface area contributed by atoms with Gasteiger partial charge in [0.15, 0.2) is 0 Å². The number of piperidine rings is 1. The second-order valence-electron chi connectivity index (χ2n) is 6.18. The van der Waals surface area contributed by atoms with Gasteiger partial charge >= 0.3 is 0 Å². The van der Waals surface area contributed by atoms with E-state index in [0.29, 0.717) is 12.5 Å². The van der Waals surface area contributed by atoms with E-state index < -0.39 is 0 Å². The van der Waals surface area contributed by atoms with E-state index in [-0.39, 0.29) is 5.92 Å². The number of hydrogen-bond donors (Lipinski definition) is 0. The van der Waals surface area contributed by atoms with Crippen molar-refractivity contribution < 1.29 is 9.53 Å². The van der Waals surface area contributed by atoms with Crippen molar-refractivity contribution >= 4 is 5.91 Å². The van der Waals surface area contributed by atoms with Crippen LogP contribution in [0.15, 0.2) is 0 Å². The van der Waals surface area contributed by atoms with E-state index >= 15 is 0 Å². The highest BCUT2D eigenvalue weighted by Gasteiger charge is 2.28. The Morgan fingerprint density at radius 1 is 1.25 bits per heavy atom. The molecule has 1 unspecified atom stereocenters. The van der Waals surface area contributed by atoms with Gasteiger partial charge in [0.1, 0.15) is 0 Å². The maximum Gasteiger partial charge on any atom is 0.225 e. The third-order valence-corrected chi connectivity index (χ3v) is 4.51. The van der Waals surface area contributed by atoms with E-state index in [1.807, 2.05) is 0 Å². The van der Waals surface area contributed by atoms with Gasteiger partial charge in [-0.1, -0.05) is 39.5 Å². The molecule has 1 atom stereocenters. The largest absolute Gasteiger partial charge is 0.385 e. The van der Waals surface area contributed by atoms with Crippen LogP contribution in [0.25, 0.3) is 0 Å². The summed E-state index contributed by atoms with van der Waals surface area (Å²) in [6, 6.07) is 0. The minimum absolute atomic E-state index is 0.208. The normalized spacial score (nSPS) is 19.9. The lowest BCUT2D eigenvalue weighted by Gasteiger charge is -2.33. The molecule has 1 heterocycles. The molecule has 118 valence electrons. The fourth-order valence-corrected chi connectivity index (χ4v) is 3.36. The van der Waals surface area contributed by atoms with Gasteiger partial charge in [0.2, 0.25) is 5.91 Å². The zero-order valence-corrected chi connectivity index (χ0v) is 13.7. The van der Waals surface area contributed by atoms with E-state index in [1.54, 1.807) is 7.11 Å². The monoisotopic (exact) mass is 283 g/mol. The van der Waals surface area contributed by atoms with Crippen LogP contribution in [0.5, 0.6) is 0 Å². The number of rotatable bonds is 10. The van der Waals surface area contributed by atoms with Crippen LogP contribution in [0.2, 0.25) is 0 Å². The Labute approximate surface area is 125 Å². The van der Waals surface area contributed by atoms with Crippen LogP contribution in [-0.2, 0) is 9.53 Å². The second-order valence-corrected chi connectivity index (χ2v) is 6.18. The molecule has 0 radical (unpaired) electrons. The van der Waals surface area contributed by atoms with E-state index in [4.69, 9.17) is 4.74 Å². The Morgan fingerprint density at radius 3 is 2.55 bits per heavy atom. The number of nitrogens with zero attached hydrogens (tertiary/aromatic N) is 1. The molecule has 3 nitrogen and oxygen atoms in total. The SMILES string of the molecule is CCCC(CCC)CCN1CCCC(CCOC)C1=O. The van der Waals surface area contributed by atoms with Crippen LogP contribution in [0.1, 0.15) is 65.2 Å². The van der Waals surface area contributed by atoms with Crippen molar-refractivity contribution in [1.29, 1.82) is 0 Å². The van der Waals surface area contributed by atoms with Gasteiger partial charge in [-0.05, 0) is 31.6 Å². The Balaban J connectivity index is 2.39. The van der Waals surface area contributed by atoms with E-state index in [1.165, 1.54) is 32.1 Å². The van der Waals surface area contributed by atoms with Crippen LogP contribution < -0.4 is 0 Å². The molecule has 1 fully saturated rings. The predicted molar refractivity (Wildman–Crippen MR) is 83.7 cm³/mol. The number of carbonyl (C=O) groups excluding carboxylic acids is 1. The van der Waals surface area contributed by atoms with E-state index in [2.05, 4.69) is 18.7 Å². The molecule has 20 heavy (non-hydrogen) atoms. The molecule has 0 spiro atoms. The molecule has 0 aromatic carbocycles. The topological polar surface area (TPSA) is 29.5 Å². The lowest BCUT2D eigenvalue weighted by molar-refractivity contribution is -0.139. The fourth-order valence-electron chi connectivity index (χ4n) is 3.36. The molecule has 1 aliphatic heterocycles. The van der Waals surface area contributed by atoms with Gasteiger partial charge in [-0.15, -0.1) is 0 Å². The maximum absolute atomic E-state index is 12.4. The lowest BCUT2D eigenvalue weighted by Crippen LogP contribution is -2.42. The minimum Gasteiger partial charge on any atom is -0.385 e. The van der Waals surface area contributed by atoms with Crippen molar-refractivity contribution in [2.75, 3.05) is 26.8 Å². The van der Waals surface area contributed by atoms with Gasteiger partial charge in [0.05, 0.1) is 0 Å². The zero-order valence-electron chi connectivity index (χ0n) is 13.7. The smallest absolute Gasteiger partial charge is 0.225 e. The van der Waals surface area contributed by atoms with Gasteiger partial charge in [-0.2, -0.15) is 0 Å². The Morgan fingerprint density at radius 2 is 1.95 bits per heavy atom. The molecule has 1 amide bonds. The number of carbonyl (C=O) groups is 1. The van der Waals surface area contributed by atoms with Gasteiger partial charge in [0.25, 0.3) is 0 Å². The summed E-state index contributed by atoms with van der Waals surface area (Å²) < 4.78 is 5.12. The number of amides is 1. The molecular formula is C17H33NO2. The van der Waals surface area contributed by atoms with Crippen molar-refractivity contribution in [3.8, 4) is 0 Å². The van der Waals surface area contributed by atoms with Crippen LogP contribution in [0.3, 0.4) is 0 Å². The molecule has 0 aromatic heterocycles. The van der Waals surface area contributed by atoms with Gasteiger partial charge in [-0.25, -0.2) is 0 Å². The molecule has 0 bridgehead atoms. The molecule has 1 rings (SSSR count). The predicted octanol–water partition coefficient (Wildman–Crippen LogP) is 3.87. The average Bonchev–Trinajstić information content (AvgIpc) is 2.45. The fraction of sp³-hybridized carbons (Fsp3) is 0.941. The molecule has 0 saturated carbocycles. The Kier molecular flexibility index (Phi) is 8.92. The molecule has 3 heteroatoms. The minimum atomic E-state index is 0.208. The Bertz CT molecular complexity index is 262. The van der Waals surface area contributed by atoms with Crippen molar-refractivity contribution in [3.63, 3.8) is 0 Å². The van der Waals surface area contributed by atoms with E-state index in [9.17, 15) is 4.79 Å². The van der Waals surface area contributed by atoms with Crippen molar-refractivity contribution in [2.24, 2.45) is 11.8 Å². The maximum atomic E-state index is 12.4. The first kappa shape index (κ1) is 17.5. The summed E-state index contributed by atoms with van der Waals surface area (Å²) in [6.07, 6.45) is 9.41. The number of hydrogen-bond acceptors (Lipinski definition) is 2. The highest BCUT2D eigenvalue weighted by atomic mass is 16.5. The standard InChI is InChI=1S/C17H33NO2/c1-4-7-15(8-5-2)10-13-18-12-6-9-16(17(18)19)11-14-20-3/h15-16H,4-14H2,1-3H3. The third-order valence-electron chi connectivity index (χ3n) is 4.51. The molecule has 1 aliphatic rings. The summed E-state index contributed by atoms with van der Waals surface area (Å²) in [6.45, 7) is 7.16. The molecule has 0 N–H and O–H groups in total. The van der Waals surface area contributed by atoms with Gasteiger partial charge in [0, 0.05) is 32.7 Å². The average molecular weight is 283 g/mol. The first-order valence-corrected chi connectivity index (χ1v) is 8.50. The van der Waals surface area contributed by atoms with Crippen molar-refractivity contribution in [1.82, 2.24) is 4.90 Å². The summed E-state index contributed by atoms with van der Waals surface area (Å²) in [5.41, 5.74) is 0. The molecule has 1 saturated heterocycles. The van der Waals surface area contributed by atoms with Crippen molar-refractivity contribution in [3.05, 3.63) is 0 Å². The second kappa shape index (κ2) is 10.2. The first-order chi connectivity index (χ1) is 9.72. The summed E-state index contributed by atoms with van der Waals surface area (Å²) in [4.78, 5) is 14.5. The van der Waals surface area contributed by atoms with Crippen LogP contribution in [0.4, 0.5) is 0 Å². The number of ether oxygens (including phenoxy) is 1. The molecular weight excluding hydrogens is 250 g/mol. The number of likely N-dealkylation sites (tertiary alicyclic amines) is 1. The van der Waals surface area contributed by atoms with Gasteiger partial charge in [-0.3, -0.25) is 4.79 Å². The van der Waals surface area contributed by atoms with Crippen molar-refractivity contribution in [2.45, 2.75) is 65.2 Å². The summed E-state index contributed by atoms with van der Waals surface area (Å²) in [7, 11) is 1.71. The Hall–Kier alpha value is -0.570. The quantitative estimate of drug-likeness (QED) is 0.609. The van der Waals surface area contributed by atoms with Crippen LogP contribution >= 0.6 is 0 Å². The summed E-state index contributed by atoms with van der Waals surface area (Å²) >= 11 is 0. The molecule has 0 aliphatic carbocycles. The number of methoxy groups -OCH3 is 1. The summed E-state index contributed by atoms with van der Waals surface area (Å²) in [5.74, 6) is 1.39. The highest BCUT2D eigenvalue weighted by Crippen LogP contribution is 2.24. The highest BCUT2D eigenvalue weighted by molar-refractivity contribution is 5.79. The third kappa shape index (κ3) is 5.82. The van der Waals surface area contributed by atoms with E-state index in [0.717, 1.165) is 38.3 Å². The lowest BCUT2D eigenvalue weighted by atomic mass is 9.91. The molecule has 0 aromatic rings. The first-order valence-electron chi connectivity index (χ1n) is 8.50. The van der Waals surface area contributed by atoms with Crippen LogP contribution in [0, 0.1) is 11.8 Å². The van der Waals surface area contributed by atoms with Gasteiger partial charge < -0.3 is 9.64 Å². The summed E-state index contributed by atoms with van der Waals surface area (Å²) in [5, 5.41) is 0. The zero-order chi connectivity index (χ0) is 14.8. The van der Waals surface area contributed by atoms with Crippen LogP contribution in [-0.4, -0.2) is 37.6 Å².